The molecule has 6 rings (SSSR count). The molecule has 0 radical (unpaired) electrons. The van der Waals surface area contributed by atoms with Crippen molar-refractivity contribution in [2.75, 3.05) is 54.9 Å². The average Bonchev–Trinajstić information content (AvgIpc) is 3.25. The highest BCUT2D eigenvalue weighted by Gasteiger charge is 2.28. The summed E-state index contributed by atoms with van der Waals surface area (Å²) in [6.07, 6.45) is 5.36. The second-order valence-corrected chi connectivity index (χ2v) is 11.5. The van der Waals surface area contributed by atoms with Crippen LogP contribution in [0.25, 0.3) is 16.9 Å². The van der Waals surface area contributed by atoms with Crippen molar-refractivity contribution in [2.45, 2.75) is 26.2 Å². The number of nitrogens with two attached hydrogens (primary N) is 1. The van der Waals surface area contributed by atoms with Crippen molar-refractivity contribution in [1.82, 2.24) is 24.3 Å². The molecule has 3 aromatic heterocycles. The number of ether oxygens (including phenoxy) is 1. The van der Waals surface area contributed by atoms with Gasteiger partial charge in [0.15, 0.2) is 17.4 Å². The molecule has 2 N–H and O–H groups in total. The zero-order chi connectivity index (χ0) is 30.1. The van der Waals surface area contributed by atoms with E-state index in [0.29, 0.717) is 60.8 Å². The third-order valence-corrected chi connectivity index (χ3v) is 8.67. The Kier molecular flexibility index (Phi) is 8.18. The fourth-order valence-corrected chi connectivity index (χ4v) is 6.13. The Hall–Kier alpha value is -4.22. The van der Waals surface area contributed by atoms with Crippen LogP contribution >= 0.6 is 11.6 Å². The van der Waals surface area contributed by atoms with Gasteiger partial charge in [0.05, 0.1) is 30.8 Å². The summed E-state index contributed by atoms with van der Waals surface area (Å²) in [5.74, 6) is 1.93. The van der Waals surface area contributed by atoms with Gasteiger partial charge < -0.3 is 20.3 Å². The van der Waals surface area contributed by atoms with E-state index in [0.717, 1.165) is 43.0 Å². The van der Waals surface area contributed by atoms with Crippen LogP contribution in [-0.2, 0) is 11.8 Å². The number of piperidine rings is 1. The molecule has 2 saturated heterocycles. The molecular weight excluding hydrogens is 568 g/mol. The third kappa shape index (κ3) is 5.87. The van der Waals surface area contributed by atoms with Crippen molar-refractivity contribution in [3.05, 3.63) is 75.4 Å². The van der Waals surface area contributed by atoms with Gasteiger partial charge in [-0.15, -0.1) is 0 Å². The van der Waals surface area contributed by atoms with Crippen LogP contribution in [0.15, 0.2) is 53.6 Å². The van der Waals surface area contributed by atoms with Crippen molar-refractivity contribution >= 4 is 34.8 Å². The van der Waals surface area contributed by atoms with Gasteiger partial charge in [-0.2, -0.15) is 0 Å². The quantitative estimate of drug-likeness (QED) is 0.314. The lowest BCUT2D eigenvalue weighted by atomic mass is 9.90. The first-order chi connectivity index (χ1) is 20.8. The monoisotopic (exact) mass is 602 g/mol. The van der Waals surface area contributed by atoms with Crippen molar-refractivity contribution in [1.29, 1.82) is 0 Å². The SMILES string of the molecule is Cc1c(C(=O)CC2CCN(c3nc(-c4ccnc(N5CCOCC5)c4)cnc3N)CC2)c(=O)n(-c2cccc(Cl)c2)n1C. The molecule has 2 fully saturated rings. The topological polar surface area (TPSA) is 124 Å². The molecule has 5 heterocycles. The molecule has 2 aliphatic heterocycles. The summed E-state index contributed by atoms with van der Waals surface area (Å²) >= 11 is 6.16. The zero-order valence-electron chi connectivity index (χ0n) is 24.4. The molecule has 43 heavy (non-hydrogen) atoms. The molecule has 12 heteroatoms. The van der Waals surface area contributed by atoms with Crippen molar-refractivity contribution in [3.8, 4) is 16.9 Å². The van der Waals surface area contributed by atoms with Gasteiger partial charge >= 0.3 is 0 Å². The summed E-state index contributed by atoms with van der Waals surface area (Å²) in [7, 11) is 1.78. The lowest BCUT2D eigenvalue weighted by Crippen LogP contribution is -2.36. The Morgan fingerprint density at radius 2 is 1.84 bits per heavy atom. The van der Waals surface area contributed by atoms with E-state index in [4.69, 9.17) is 27.1 Å². The van der Waals surface area contributed by atoms with Gasteiger partial charge in [0.2, 0.25) is 0 Å². The van der Waals surface area contributed by atoms with E-state index in [1.165, 1.54) is 4.68 Å². The van der Waals surface area contributed by atoms with E-state index < -0.39 is 0 Å². The molecule has 0 saturated carbocycles. The maximum atomic E-state index is 13.4. The number of morpholine rings is 1. The summed E-state index contributed by atoms with van der Waals surface area (Å²) in [5.41, 5.74) is 9.13. The second kappa shape index (κ2) is 12.2. The number of benzene rings is 1. The average molecular weight is 603 g/mol. The molecule has 4 aromatic rings. The first kappa shape index (κ1) is 28.9. The standard InChI is InChI=1S/C31H35ClN8O3/c1-20-28(31(42)40(37(20)2)24-5-3-4-23(32)18-24)26(41)16-21-7-10-39(11-8-21)30-29(33)35-19-25(36-30)22-6-9-34-27(17-22)38-12-14-43-15-13-38/h3-6,9,17-19,21H,7-8,10-16H2,1-2H3,(H2,33,35). The molecular formula is C31H35ClN8O3. The Labute approximate surface area is 254 Å². The van der Waals surface area contributed by atoms with Crippen LogP contribution in [0.3, 0.4) is 0 Å². The predicted octanol–water partition coefficient (Wildman–Crippen LogP) is 3.90. The molecule has 224 valence electrons. The predicted molar refractivity (Wildman–Crippen MR) is 167 cm³/mol. The molecule has 0 bridgehead atoms. The number of rotatable bonds is 7. The molecule has 2 aliphatic rings. The normalized spacial score (nSPS) is 16.1. The molecule has 1 aromatic carbocycles. The van der Waals surface area contributed by atoms with Gasteiger partial charge in [0.1, 0.15) is 11.4 Å². The number of Topliss-reactive ketones (excluding diaryl/α,β-unsaturated/α-hetero) is 1. The molecule has 0 atom stereocenters. The minimum absolute atomic E-state index is 0.132. The first-order valence-electron chi connectivity index (χ1n) is 14.5. The van der Waals surface area contributed by atoms with E-state index in [2.05, 4.69) is 19.8 Å². The number of carbonyl (C=O) groups excluding carboxylic acids is 1. The Morgan fingerprint density at radius 1 is 1.07 bits per heavy atom. The molecule has 0 amide bonds. The first-order valence-corrected chi connectivity index (χ1v) is 14.9. The maximum absolute atomic E-state index is 13.4. The van der Waals surface area contributed by atoms with Crippen LogP contribution in [0.2, 0.25) is 5.02 Å². The molecule has 0 unspecified atom stereocenters. The lowest BCUT2D eigenvalue weighted by Gasteiger charge is -2.33. The van der Waals surface area contributed by atoms with Crippen molar-refractivity contribution in [2.24, 2.45) is 13.0 Å². The largest absolute Gasteiger partial charge is 0.381 e. The van der Waals surface area contributed by atoms with Crippen LogP contribution in [0.1, 0.15) is 35.3 Å². The highest BCUT2D eigenvalue weighted by atomic mass is 35.5. The number of ketones is 1. The number of nitrogen functional groups attached to an aromatic ring is 1. The Balaban J connectivity index is 1.14. The van der Waals surface area contributed by atoms with Gasteiger partial charge in [-0.3, -0.25) is 14.3 Å². The van der Waals surface area contributed by atoms with E-state index in [9.17, 15) is 9.59 Å². The fourth-order valence-electron chi connectivity index (χ4n) is 5.94. The van der Waals surface area contributed by atoms with Gasteiger partial charge in [-0.05, 0) is 56.0 Å². The highest BCUT2D eigenvalue weighted by Crippen LogP contribution is 2.30. The van der Waals surface area contributed by atoms with Crippen LogP contribution in [0.5, 0.6) is 0 Å². The van der Waals surface area contributed by atoms with Gasteiger partial charge in [0.25, 0.3) is 5.56 Å². The Bertz CT molecular complexity index is 1700. The van der Waals surface area contributed by atoms with E-state index in [1.54, 1.807) is 55.3 Å². The number of hydrogen-bond acceptors (Lipinski definition) is 9. The summed E-state index contributed by atoms with van der Waals surface area (Å²) in [5, 5.41) is 0.525. The van der Waals surface area contributed by atoms with Crippen molar-refractivity contribution in [3.63, 3.8) is 0 Å². The number of hydrogen-bond donors (Lipinski definition) is 1. The summed E-state index contributed by atoms with van der Waals surface area (Å²) < 4.78 is 8.68. The highest BCUT2D eigenvalue weighted by molar-refractivity contribution is 6.30. The summed E-state index contributed by atoms with van der Waals surface area (Å²) in [4.78, 5) is 45.0. The Morgan fingerprint density at radius 3 is 2.58 bits per heavy atom. The van der Waals surface area contributed by atoms with Gasteiger partial charge in [0, 0.05) is 62.1 Å². The molecule has 0 spiro atoms. The summed E-state index contributed by atoms with van der Waals surface area (Å²) in [6, 6.07) is 11.0. The van der Waals surface area contributed by atoms with Crippen molar-refractivity contribution < 1.29 is 9.53 Å². The summed E-state index contributed by atoms with van der Waals surface area (Å²) in [6.45, 7) is 6.16. The van der Waals surface area contributed by atoms with E-state index in [1.807, 2.05) is 12.1 Å². The molecule has 11 nitrogen and oxygen atoms in total. The number of carbonyl (C=O) groups is 1. The zero-order valence-corrected chi connectivity index (χ0v) is 25.1. The number of aromatic nitrogens is 5. The third-order valence-electron chi connectivity index (χ3n) is 8.43. The van der Waals surface area contributed by atoms with Gasteiger partial charge in [-0.25, -0.2) is 19.6 Å². The van der Waals surface area contributed by atoms with Crippen LogP contribution < -0.4 is 21.1 Å². The van der Waals surface area contributed by atoms with Crippen LogP contribution in [0.4, 0.5) is 17.5 Å². The van der Waals surface area contributed by atoms with Crippen LogP contribution in [0, 0.1) is 12.8 Å². The van der Waals surface area contributed by atoms with E-state index in [-0.39, 0.29) is 22.8 Å². The van der Waals surface area contributed by atoms with Gasteiger partial charge in [-0.1, -0.05) is 17.7 Å². The minimum atomic E-state index is -0.322. The number of anilines is 3. The lowest BCUT2D eigenvalue weighted by molar-refractivity contribution is 0.0952. The van der Waals surface area contributed by atoms with Crippen LogP contribution in [-0.4, -0.2) is 69.5 Å². The number of nitrogens with zero attached hydrogens (tertiary/aromatic N) is 7. The molecule has 0 aliphatic carbocycles. The minimum Gasteiger partial charge on any atom is -0.381 e. The number of halogens is 1. The smallest absolute Gasteiger partial charge is 0.282 e. The maximum Gasteiger partial charge on any atom is 0.282 e. The number of pyridine rings is 1. The fraction of sp³-hybridized carbons (Fsp3) is 0.387. The van der Waals surface area contributed by atoms with E-state index >= 15 is 0 Å². The second-order valence-electron chi connectivity index (χ2n) is 11.1.